The van der Waals surface area contributed by atoms with E-state index < -0.39 is 5.82 Å². The predicted octanol–water partition coefficient (Wildman–Crippen LogP) is 4.19. The first kappa shape index (κ1) is 15.4. The van der Waals surface area contributed by atoms with Crippen molar-refractivity contribution in [2.24, 2.45) is 0 Å². The van der Waals surface area contributed by atoms with Crippen molar-refractivity contribution in [2.75, 3.05) is 5.32 Å². The first-order chi connectivity index (χ1) is 10.0. The molecule has 21 heavy (non-hydrogen) atoms. The number of rotatable bonds is 5. The van der Waals surface area contributed by atoms with Crippen molar-refractivity contribution in [1.82, 2.24) is 0 Å². The third-order valence-corrected chi connectivity index (χ3v) is 3.38. The quantitative estimate of drug-likeness (QED) is 0.822. The standard InChI is InChI=1S/C16H13BrFNO2/c17-12-6-4-11(5-7-12)15(20)8-9-16(21)19-14-3-1-2-13(18)10-14/h1-7,10H,8-9H2,(H,19,21). The molecule has 5 heteroatoms. The van der Waals surface area contributed by atoms with E-state index in [-0.39, 0.29) is 24.5 Å². The van der Waals surface area contributed by atoms with Gasteiger partial charge in [0.15, 0.2) is 5.78 Å². The summed E-state index contributed by atoms with van der Waals surface area (Å²) in [6, 6.07) is 12.6. The minimum Gasteiger partial charge on any atom is -0.326 e. The van der Waals surface area contributed by atoms with E-state index in [1.54, 1.807) is 30.3 Å². The Morgan fingerprint density at radius 3 is 2.43 bits per heavy atom. The SMILES string of the molecule is O=C(CCC(=O)c1ccc(Br)cc1)Nc1cccc(F)c1. The lowest BCUT2D eigenvalue weighted by Gasteiger charge is -2.05. The molecular weight excluding hydrogens is 337 g/mol. The van der Waals surface area contributed by atoms with E-state index in [4.69, 9.17) is 0 Å². The van der Waals surface area contributed by atoms with E-state index in [0.29, 0.717) is 11.3 Å². The summed E-state index contributed by atoms with van der Waals surface area (Å²) < 4.78 is 13.9. The molecule has 108 valence electrons. The Hall–Kier alpha value is -2.01. The first-order valence-corrected chi connectivity index (χ1v) is 7.18. The van der Waals surface area contributed by atoms with Crippen molar-refractivity contribution >= 4 is 33.3 Å². The van der Waals surface area contributed by atoms with Crippen LogP contribution in [0.2, 0.25) is 0 Å². The molecule has 0 aliphatic carbocycles. The summed E-state index contributed by atoms with van der Waals surface area (Å²) >= 11 is 3.29. The molecule has 0 spiro atoms. The monoisotopic (exact) mass is 349 g/mol. The van der Waals surface area contributed by atoms with Crippen LogP contribution in [0.15, 0.2) is 53.0 Å². The second-order valence-electron chi connectivity index (χ2n) is 4.49. The zero-order chi connectivity index (χ0) is 15.2. The normalized spacial score (nSPS) is 10.2. The maximum atomic E-state index is 13.0. The van der Waals surface area contributed by atoms with Gasteiger partial charge in [0.25, 0.3) is 0 Å². The maximum absolute atomic E-state index is 13.0. The Balaban J connectivity index is 1.86. The summed E-state index contributed by atoms with van der Waals surface area (Å²) in [5.74, 6) is -0.832. The summed E-state index contributed by atoms with van der Waals surface area (Å²) in [5.41, 5.74) is 0.952. The third kappa shape index (κ3) is 4.79. The zero-order valence-corrected chi connectivity index (χ0v) is 12.7. The van der Waals surface area contributed by atoms with E-state index >= 15 is 0 Å². The fourth-order valence-electron chi connectivity index (χ4n) is 1.80. The highest BCUT2D eigenvalue weighted by Crippen LogP contribution is 2.13. The van der Waals surface area contributed by atoms with Crippen molar-refractivity contribution < 1.29 is 14.0 Å². The molecule has 1 N–H and O–H groups in total. The van der Waals surface area contributed by atoms with Gasteiger partial charge < -0.3 is 5.32 Å². The van der Waals surface area contributed by atoms with Gasteiger partial charge in [0.1, 0.15) is 5.82 Å². The molecule has 1 amide bonds. The second kappa shape index (κ2) is 7.13. The molecule has 0 radical (unpaired) electrons. The third-order valence-electron chi connectivity index (χ3n) is 2.85. The molecule has 0 bridgehead atoms. The number of hydrogen-bond donors (Lipinski definition) is 1. The molecule has 0 aromatic heterocycles. The van der Waals surface area contributed by atoms with E-state index in [0.717, 1.165) is 4.47 Å². The van der Waals surface area contributed by atoms with Crippen LogP contribution in [0.4, 0.5) is 10.1 Å². The Morgan fingerprint density at radius 1 is 1.05 bits per heavy atom. The molecule has 0 aliphatic heterocycles. The number of amides is 1. The smallest absolute Gasteiger partial charge is 0.224 e. The highest BCUT2D eigenvalue weighted by Gasteiger charge is 2.09. The summed E-state index contributed by atoms with van der Waals surface area (Å²) in [7, 11) is 0. The number of benzene rings is 2. The molecular formula is C16H13BrFNO2. The Bertz CT molecular complexity index is 656. The summed E-state index contributed by atoms with van der Waals surface area (Å²) in [6.07, 6.45) is 0.175. The van der Waals surface area contributed by atoms with E-state index in [1.165, 1.54) is 18.2 Å². The Morgan fingerprint density at radius 2 is 1.76 bits per heavy atom. The lowest BCUT2D eigenvalue weighted by atomic mass is 10.1. The van der Waals surface area contributed by atoms with Gasteiger partial charge in [0.2, 0.25) is 5.91 Å². The van der Waals surface area contributed by atoms with Crippen LogP contribution < -0.4 is 5.32 Å². The zero-order valence-electron chi connectivity index (χ0n) is 11.1. The fraction of sp³-hybridized carbons (Fsp3) is 0.125. The molecule has 2 aromatic rings. The molecule has 2 aromatic carbocycles. The van der Waals surface area contributed by atoms with E-state index in [1.807, 2.05) is 0 Å². The topological polar surface area (TPSA) is 46.2 Å². The molecule has 0 saturated heterocycles. The van der Waals surface area contributed by atoms with Crippen molar-refractivity contribution in [2.45, 2.75) is 12.8 Å². The van der Waals surface area contributed by atoms with Crippen molar-refractivity contribution in [3.05, 3.63) is 64.4 Å². The van der Waals surface area contributed by atoms with E-state index in [9.17, 15) is 14.0 Å². The van der Waals surface area contributed by atoms with Gasteiger partial charge in [-0.15, -0.1) is 0 Å². The lowest BCUT2D eigenvalue weighted by Crippen LogP contribution is -2.13. The number of Topliss-reactive ketones (excluding diaryl/α,β-unsaturated/α-hetero) is 1. The number of nitrogens with one attached hydrogen (secondary N) is 1. The van der Waals surface area contributed by atoms with Gasteiger partial charge in [-0.2, -0.15) is 0 Å². The van der Waals surface area contributed by atoms with Crippen LogP contribution in [0.3, 0.4) is 0 Å². The van der Waals surface area contributed by atoms with Gasteiger partial charge in [-0.05, 0) is 30.3 Å². The lowest BCUT2D eigenvalue weighted by molar-refractivity contribution is -0.116. The molecule has 0 fully saturated rings. The van der Waals surface area contributed by atoms with Gasteiger partial charge in [-0.1, -0.05) is 34.1 Å². The summed E-state index contributed by atoms with van der Waals surface area (Å²) in [6.45, 7) is 0. The number of carbonyl (C=O) groups excluding carboxylic acids is 2. The number of hydrogen-bond acceptors (Lipinski definition) is 2. The predicted molar refractivity (Wildman–Crippen MR) is 82.7 cm³/mol. The van der Waals surface area contributed by atoms with Crippen molar-refractivity contribution in [3.8, 4) is 0 Å². The van der Waals surface area contributed by atoms with Gasteiger partial charge >= 0.3 is 0 Å². The van der Waals surface area contributed by atoms with Crippen LogP contribution in [0.1, 0.15) is 23.2 Å². The van der Waals surface area contributed by atoms with Gasteiger partial charge in [-0.3, -0.25) is 9.59 Å². The van der Waals surface area contributed by atoms with E-state index in [2.05, 4.69) is 21.2 Å². The number of anilines is 1. The van der Waals surface area contributed by atoms with Crippen LogP contribution >= 0.6 is 15.9 Å². The number of ketones is 1. The van der Waals surface area contributed by atoms with Crippen LogP contribution in [-0.4, -0.2) is 11.7 Å². The van der Waals surface area contributed by atoms with Crippen molar-refractivity contribution in [3.63, 3.8) is 0 Å². The van der Waals surface area contributed by atoms with Gasteiger partial charge in [0.05, 0.1) is 0 Å². The largest absolute Gasteiger partial charge is 0.326 e. The number of carbonyl (C=O) groups is 2. The van der Waals surface area contributed by atoms with Crippen LogP contribution in [0.5, 0.6) is 0 Å². The average Bonchev–Trinajstić information content (AvgIpc) is 2.45. The van der Waals surface area contributed by atoms with Crippen LogP contribution in [-0.2, 0) is 4.79 Å². The molecule has 2 rings (SSSR count). The molecule has 0 heterocycles. The minimum atomic E-state index is -0.418. The second-order valence-corrected chi connectivity index (χ2v) is 5.40. The average molecular weight is 350 g/mol. The summed E-state index contributed by atoms with van der Waals surface area (Å²) in [4.78, 5) is 23.6. The Labute approximate surface area is 130 Å². The molecule has 0 unspecified atom stereocenters. The minimum absolute atomic E-state index is 0.0609. The maximum Gasteiger partial charge on any atom is 0.224 e. The van der Waals surface area contributed by atoms with Crippen molar-refractivity contribution in [1.29, 1.82) is 0 Å². The Kier molecular flexibility index (Phi) is 5.22. The number of halogens is 2. The first-order valence-electron chi connectivity index (χ1n) is 6.39. The highest BCUT2D eigenvalue weighted by atomic mass is 79.9. The molecule has 0 aliphatic rings. The highest BCUT2D eigenvalue weighted by molar-refractivity contribution is 9.10. The van der Waals surface area contributed by atoms with Crippen LogP contribution in [0.25, 0.3) is 0 Å². The molecule has 3 nitrogen and oxygen atoms in total. The fourth-order valence-corrected chi connectivity index (χ4v) is 2.06. The van der Waals surface area contributed by atoms with Gasteiger partial charge in [-0.25, -0.2) is 4.39 Å². The summed E-state index contributed by atoms with van der Waals surface area (Å²) in [5, 5.41) is 2.56. The molecule has 0 saturated carbocycles. The van der Waals surface area contributed by atoms with Crippen LogP contribution in [0, 0.1) is 5.82 Å². The van der Waals surface area contributed by atoms with Gasteiger partial charge in [0, 0.05) is 28.6 Å². The molecule has 0 atom stereocenters.